The average Bonchev–Trinajstić information content (AvgIpc) is 2.39. The fraction of sp³-hybridized carbons (Fsp3) is 0.500. The second-order valence-corrected chi connectivity index (χ2v) is 3.78. The highest BCUT2D eigenvalue weighted by molar-refractivity contribution is 5.59. The van der Waals surface area contributed by atoms with Crippen LogP contribution in [0.25, 0.3) is 0 Å². The molecule has 0 aromatic carbocycles. The summed E-state index contributed by atoms with van der Waals surface area (Å²) in [7, 11) is 0. The van der Waals surface area contributed by atoms with E-state index in [2.05, 4.69) is 4.98 Å². The quantitative estimate of drug-likeness (QED) is 0.595. The van der Waals surface area contributed by atoms with Crippen molar-refractivity contribution in [1.82, 2.24) is 4.98 Å². The van der Waals surface area contributed by atoms with Gasteiger partial charge in [0.25, 0.3) is 0 Å². The summed E-state index contributed by atoms with van der Waals surface area (Å²) in [5.74, 6) is -0.120. The zero-order chi connectivity index (χ0) is 12.3. The summed E-state index contributed by atoms with van der Waals surface area (Å²) in [5.41, 5.74) is 6.07. The second-order valence-electron chi connectivity index (χ2n) is 3.78. The Kier molecular flexibility index (Phi) is 3.50. The Morgan fingerprint density at radius 3 is 3.24 bits per heavy atom. The molecule has 0 radical (unpaired) electrons. The summed E-state index contributed by atoms with van der Waals surface area (Å²) in [4.78, 5) is 16.1. The van der Waals surface area contributed by atoms with Gasteiger partial charge in [0.05, 0.1) is 12.7 Å². The number of morpholine rings is 1. The maximum Gasteiger partial charge on any atom is 0.387 e. The average molecular weight is 238 g/mol. The van der Waals surface area contributed by atoms with E-state index in [-0.39, 0.29) is 11.9 Å². The van der Waals surface area contributed by atoms with Crippen LogP contribution in [0.3, 0.4) is 0 Å². The molecule has 1 aromatic rings. The van der Waals surface area contributed by atoms with Crippen molar-refractivity contribution in [2.24, 2.45) is 5.73 Å². The molecule has 0 amide bonds. The van der Waals surface area contributed by atoms with Crippen molar-refractivity contribution >= 4 is 11.5 Å². The first-order chi connectivity index (χ1) is 8.22. The zero-order valence-corrected chi connectivity index (χ0v) is 9.28. The van der Waals surface area contributed by atoms with E-state index in [1.807, 2.05) is 4.90 Å². The van der Waals surface area contributed by atoms with Crippen molar-refractivity contribution in [3.05, 3.63) is 28.4 Å². The van der Waals surface area contributed by atoms with Gasteiger partial charge in [-0.2, -0.15) is 0 Å². The molecule has 1 aliphatic heterocycles. The standard InChI is InChI=1S/C10H14N4O3/c11-6-8-7-13(4-5-17-8)9-2-1-3-12-10(9)14(15)16/h1-3,8H,4-7,11H2. The molecule has 2 rings (SSSR count). The molecule has 17 heavy (non-hydrogen) atoms. The van der Waals surface area contributed by atoms with Crippen molar-refractivity contribution in [2.75, 3.05) is 31.1 Å². The van der Waals surface area contributed by atoms with Crippen LogP contribution in [-0.2, 0) is 4.74 Å². The Balaban J connectivity index is 2.24. The molecule has 1 atom stereocenters. The molecule has 1 aromatic heterocycles. The maximum atomic E-state index is 10.9. The monoisotopic (exact) mass is 238 g/mol. The summed E-state index contributed by atoms with van der Waals surface area (Å²) in [6, 6.07) is 3.39. The van der Waals surface area contributed by atoms with Crippen molar-refractivity contribution in [1.29, 1.82) is 0 Å². The summed E-state index contributed by atoms with van der Waals surface area (Å²) in [6.07, 6.45) is 1.34. The Labute approximate surface area is 98.3 Å². The number of ether oxygens (including phenoxy) is 1. The minimum atomic E-state index is -0.470. The lowest BCUT2D eigenvalue weighted by Crippen LogP contribution is -2.45. The van der Waals surface area contributed by atoms with Gasteiger partial charge in [-0.3, -0.25) is 0 Å². The maximum absolute atomic E-state index is 10.9. The molecule has 1 fully saturated rings. The molecular formula is C10H14N4O3. The van der Waals surface area contributed by atoms with Crippen LogP contribution in [0.4, 0.5) is 11.5 Å². The van der Waals surface area contributed by atoms with Crippen LogP contribution in [0.1, 0.15) is 0 Å². The number of aromatic nitrogens is 1. The highest BCUT2D eigenvalue weighted by Gasteiger charge is 2.25. The lowest BCUT2D eigenvalue weighted by molar-refractivity contribution is -0.388. The smallest absolute Gasteiger partial charge is 0.373 e. The molecule has 0 spiro atoms. The molecule has 2 heterocycles. The lowest BCUT2D eigenvalue weighted by Gasteiger charge is -2.33. The predicted molar refractivity (Wildman–Crippen MR) is 61.9 cm³/mol. The molecule has 7 heteroatoms. The van der Waals surface area contributed by atoms with Crippen LogP contribution in [0.5, 0.6) is 0 Å². The number of hydrogen-bond acceptors (Lipinski definition) is 6. The van der Waals surface area contributed by atoms with E-state index < -0.39 is 4.92 Å². The van der Waals surface area contributed by atoms with Gasteiger partial charge in [0.2, 0.25) is 0 Å². The molecule has 0 saturated carbocycles. The van der Waals surface area contributed by atoms with E-state index in [0.29, 0.717) is 31.9 Å². The molecule has 2 N–H and O–H groups in total. The van der Waals surface area contributed by atoms with Crippen LogP contribution in [0, 0.1) is 10.1 Å². The van der Waals surface area contributed by atoms with Gasteiger partial charge in [-0.25, -0.2) is 0 Å². The van der Waals surface area contributed by atoms with Crippen LogP contribution in [-0.4, -0.2) is 42.3 Å². The SMILES string of the molecule is NCC1CN(c2cccnc2[N+](=O)[O-])CCO1. The normalized spacial score (nSPS) is 20.3. The largest absolute Gasteiger partial charge is 0.387 e. The number of pyridine rings is 1. The topological polar surface area (TPSA) is 94.5 Å². The summed E-state index contributed by atoms with van der Waals surface area (Å²) >= 11 is 0. The van der Waals surface area contributed by atoms with Crippen LogP contribution in [0.2, 0.25) is 0 Å². The van der Waals surface area contributed by atoms with Gasteiger partial charge in [-0.15, -0.1) is 0 Å². The summed E-state index contributed by atoms with van der Waals surface area (Å²) in [5, 5.41) is 10.9. The van der Waals surface area contributed by atoms with Crippen LogP contribution >= 0.6 is 0 Å². The molecule has 92 valence electrons. The van der Waals surface area contributed by atoms with Crippen LogP contribution < -0.4 is 10.6 Å². The number of anilines is 1. The number of nitrogens with zero attached hydrogens (tertiary/aromatic N) is 3. The minimum Gasteiger partial charge on any atom is -0.373 e. The van der Waals surface area contributed by atoms with Gasteiger partial charge in [0.15, 0.2) is 0 Å². The van der Waals surface area contributed by atoms with Gasteiger partial charge in [0, 0.05) is 19.6 Å². The fourth-order valence-electron chi connectivity index (χ4n) is 1.86. The first-order valence-corrected chi connectivity index (χ1v) is 5.38. The third-order valence-electron chi connectivity index (χ3n) is 2.68. The Bertz CT molecular complexity index is 412. The Morgan fingerprint density at radius 1 is 1.71 bits per heavy atom. The fourth-order valence-corrected chi connectivity index (χ4v) is 1.86. The predicted octanol–water partition coefficient (Wildman–Crippen LogP) is 0.154. The van der Waals surface area contributed by atoms with Gasteiger partial charge >= 0.3 is 5.82 Å². The van der Waals surface area contributed by atoms with Gasteiger partial charge in [-0.05, 0) is 22.0 Å². The summed E-state index contributed by atoms with van der Waals surface area (Å²) in [6.45, 7) is 2.10. The molecule has 1 saturated heterocycles. The van der Waals surface area contributed by atoms with Crippen molar-refractivity contribution in [2.45, 2.75) is 6.10 Å². The van der Waals surface area contributed by atoms with Gasteiger partial charge < -0.3 is 25.5 Å². The lowest BCUT2D eigenvalue weighted by atomic mass is 10.2. The Morgan fingerprint density at radius 2 is 2.53 bits per heavy atom. The van der Waals surface area contributed by atoms with Crippen molar-refractivity contribution in [3.8, 4) is 0 Å². The minimum absolute atomic E-state index is 0.0800. The summed E-state index contributed by atoms with van der Waals surface area (Å²) < 4.78 is 5.42. The van der Waals surface area contributed by atoms with E-state index in [0.717, 1.165) is 0 Å². The molecule has 7 nitrogen and oxygen atoms in total. The second kappa shape index (κ2) is 5.07. The van der Waals surface area contributed by atoms with E-state index in [4.69, 9.17) is 10.5 Å². The number of nitrogens with two attached hydrogens (primary N) is 1. The van der Waals surface area contributed by atoms with Gasteiger partial charge in [-0.1, -0.05) is 0 Å². The van der Waals surface area contributed by atoms with Crippen molar-refractivity contribution in [3.63, 3.8) is 0 Å². The first-order valence-electron chi connectivity index (χ1n) is 5.38. The molecule has 1 unspecified atom stereocenters. The number of rotatable bonds is 3. The van der Waals surface area contributed by atoms with Crippen LogP contribution in [0.15, 0.2) is 18.3 Å². The van der Waals surface area contributed by atoms with E-state index >= 15 is 0 Å². The molecule has 0 bridgehead atoms. The van der Waals surface area contributed by atoms with E-state index in [1.165, 1.54) is 6.20 Å². The highest BCUT2D eigenvalue weighted by Crippen LogP contribution is 2.26. The first kappa shape index (κ1) is 11.7. The van der Waals surface area contributed by atoms with Gasteiger partial charge in [0.1, 0.15) is 11.9 Å². The molecular weight excluding hydrogens is 224 g/mol. The van der Waals surface area contributed by atoms with E-state index in [9.17, 15) is 10.1 Å². The zero-order valence-electron chi connectivity index (χ0n) is 9.28. The Hall–Kier alpha value is -1.73. The number of hydrogen-bond donors (Lipinski definition) is 1. The highest BCUT2D eigenvalue weighted by atomic mass is 16.6. The third kappa shape index (κ3) is 2.51. The molecule has 0 aliphatic carbocycles. The van der Waals surface area contributed by atoms with E-state index in [1.54, 1.807) is 12.1 Å². The number of nitro groups is 1. The van der Waals surface area contributed by atoms with Crippen molar-refractivity contribution < 1.29 is 9.66 Å². The molecule has 1 aliphatic rings. The third-order valence-corrected chi connectivity index (χ3v) is 2.68.